The molecule has 5 unspecified atom stereocenters. The van der Waals surface area contributed by atoms with E-state index < -0.39 is 28.3 Å². The van der Waals surface area contributed by atoms with Gasteiger partial charge in [-0.15, -0.1) is 0 Å². The minimum atomic E-state index is -3.96. The first kappa shape index (κ1) is 36.4. The number of aromatic amines is 1. The highest BCUT2D eigenvalue weighted by atomic mass is 32.2. The number of benzene rings is 4. The summed E-state index contributed by atoms with van der Waals surface area (Å²) in [5.41, 5.74) is 5.22. The molecule has 0 saturated carbocycles. The zero-order valence-corrected chi connectivity index (χ0v) is 29.9. The third-order valence-electron chi connectivity index (χ3n) is 8.85. The highest BCUT2D eigenvalue weighted by Gasteiger charge is 2.38. The summed E-state index contributed by atoms with van der Waals surface area (Å²) in [6, 6.07) is 30.2. The Morgan fingerprint density at radius 3 is 2.25 bits per heavy atom. The second-order valence-corrected chi connectivity index (χ2v) is 15.3. The van der Waals surface area contributed by atoms with E-state index in [9.17, 15) is 18.3 Å². The van der Waals surface area contributed by atoms with Crippen molar-refractivity contribution < 1.29 is 27.8 Å². The topological polar surface area (TPSA) is 156 Å². The van der Waals surface area contributed by atoms with Gasteiger partial charge in [0.1, 0.15) is 12.4 Å². The summed E-state index contributed by atoms with van der Waals surface area (Å²) in [4.78, 5) is 17.8. The number of rotatable bonds is 14. The molecule has 1 amide bonds. The number of nitrogens with one attached hydrogen (secondary N) is 3. The normalized spacial score (nSPS) is 19.7. The van der Waals surface area contributed by atoms with Crippen molar-refractivity contribution in [3.8, 4) is 0 Å². The van der Waals surface area contributed by atoms with Crippen LogP contribution in [0.2, 0.25) is 0 Å². The smallest absolute Gasteiger partial charge is 0.241 e. The number of carbonyl (C=O) groups excluding carboxylic acids is 1. The van der Waals surface area contributed by atoms with E-state index in [4.69, 9.17) is 9.47 Å². The maximum Gasteiger partial charge on any atom is 0.241 e. The maximum absolute atomic E-state index is 13.5. The summed E-state index contributed by atoms with van der Waals surface area (Å²) < 4.78 is 42.2. The van der Waals surface area contributed by atoms with Gasteiger partial charge in [-0.3, -0.25) is 9.89 Å². The second-order valence-electron chi connectivity index (χ2n) is 12.6. The van der Waals surface area contributed by atoms with Gasteiger partial charge in [0.05, 0.1) is 23.7 Å². The van der Waals surface area contributed by atoms with Gasteiger partial charge in [0, 0.05) is 23.8 Å². The molecule has 5 atom stereocenters. The van der Waals surface area contributed by atoms with Crippen LogP contribution in [0.25, 0.3) is 0 Å². The van der Waals surface area contributed by atoms with E-state index in [0.717, 1.165) is 33.4 Å². The minimum Gasteiger partial charge on any atom is -0.392 e. The van der Waals surface area contributed by atoms with Gasteiger partial charge in [-0.05, 0) is 47.7 Å². The Labute approximate surface area is 302 Å². The number of aromatic nitrogens is 3. The van der Waals surface area contributed by atoms with Crippen molar-refractivity contribution in [3.05, 3.63) is 143 Å². The lowest BCUT2D eigenvalue weighted by molar-refractivity contribution is -0.268. The van der Waals surface area contributed by atoms with Crippen LogP contribution in [0.3, 0.4) is 0 Å². The van der Waals surface area contributed by atoms with E-state index >= 15 is 0 Å². The number of hydrogen-bond donors (Lipinski definition) is 4. The van der Waals surface area contributed by atoms with Crippen LogP contribution in [0.4, 0.5) is 0 Å². The molecule has 13 heteroatoms. The summed E-state index contributed by atoms with van der Waals surface area (Å²) in [6.07, 6.45) is 0.568. The van der Waals surface area contributed by atoms with Crippen molar-refractivity contribution in [2.45, 2.75) is 68.0 Å². The van der Waals surface area contributed by atoms with Gasteiger partial charge in [0.15, 0.2) is 11.4 Å². The maximum atomic E-state index is 13.5. The van der Waals surface area contributed by atoms with Gasteiger partial charge in [0.25, 0.3) is 0 Å². The Hall–Kier alpha value is -4.37. The first-order chi connectivity index (χ1) is 24.7. The van der Waals surface area contributed by atoms with Crippen LogP contribution >= 0.6 is 11.8 Å². The van der Waals surface area contributed by atoms with Crippen molar-refractivity contribution in [3.63, 3.8) is 0 Å². The Morgan fingerprint density at radius 1 is 0.902 bits per heavy atom. The van der Waals surface area contributed by atoms with E-state index in [1.807, 2.05) is 85.8 Å². The molecule has 0 aliphatic carbocycles. The second kappa shape index (κ2) is 16.8. The highest BCUT2D eigenvalue weighted by Crippen LogP contribution is 2.42. The Balaban J connectivity index is 1.14. The van der Waals surface area contributed by atoms with Gasteiger partial charge in [-0.2, -0.15) is 9.82 Å². The quantitative estimate of drug-likeness (QED) is 0.110. The largest absolute Gasteiger partial charge is 0.392 e. The lowest BCUT2D eigenvalue weighted by Gasteiger charge is -2.41. The molecule has 266 valence electrons. The number of hydrogen-bond acceptors (Lipinski definition) is 9. The molecule has 1 aliphatic heterocycles. The fourth-order valence-electron chi connectivity index (χ4n) is 5.85. The van der Waals surface area contributed by atoms with Crippen LogP contribution < -0.4 is 10.0 Å². The van der Waals surface area contributed by atoms with Crippen LogP contribution in [0.15, 0.2) is 120 Å². The van der Waals surface area contributed by atoms with Crippen molar-refractivity contribution in [2.24, 2.45) is 5.92 Å². The van der Waals surface area contributed by atoms with Crippen LogP contribution in [-0.2, 0) is 43.9 Å². The first-order valence-electron chi connectivity index (χ1n) is 16.7. The summed E-state index contributed by atoms with van der Waals surface area (Å²) in [7, 11) is -3.96. The third kappa shape index (κ3) is 9.50. The van der Waals surface area contributed by atoms with Crippen molar-refractivity contribution >= 4 is 27.7 Å². The SMILES string of the molecule is Cc1ccc(S(=O)(=O)NC(Cc2ccccc2)C(=O)NCc2ccc(C3OC(CSc4ncn[nH]4)C(C)C(c4ccc(CO)cc4)O3)cc2)cc1. The number of carbonyl (C=O) groups is 1. The zero-order chi connectivity index (χ0) is 35.8. The molecule has 1 fully saturated rings. The molecule has 1 saturated heterocycles. The van der Waals surface area contributed by atoms with E-state index in [2.05, 4.69) is 32.1 Å². The van der Waals surface area contributed by atoms with Gasteiger partial charge < -0.3 is 19.9 Å². The third-order valence-corrected chi connectivity index (χ3v) is 11.3. The number of nitrogens with zero attached hydrogens (tertiary/aromatic N) is 2. The molecular formula is C38H41N5O6S2. The predicted molar refractivity (Wildman–Crippen MR) is 194 cm³/mol. The number of H-pyrrole nitrogens is 1. The lowest BCUT2D eigenvalue weighted by Crippen LogP contribution is -2.47. The predicted octanol–water partition coefficient (Wildman–Crippen LogP) is 5.40. The highest BCUT2D eigenvalue weighted by molar-refractivity contribution is 7.99. The van der Waals surface area contributed by atoms with Crippen molar-refractivity contribution in [1.82, 2.24) is 25.2 Å². The fourth-order valence-corrected chi connectivity index (χ4v) is 7.99. The number of aliphatic hydroxyl groups excluding tert-OH is 1. The first-order valence-corrected chi connectivity index (χ1v) is 19.1. The lowest BCUT2D eigenvalue weighted by atomic mass is 9.91. The molecule has 2 heterocycles. The van der Waals surface area contributed by atoms with Crippen LogP contribution in [-0.4, -0.2) is 52.5 Å². The molecule has 6 rings (SSSR count). The summed E-state index contributed by atoms with van der Waals surface area (Å²) in [5.74, 6) is 0.204. The van der Waals surface area contributed by atoms with Gasteiger partial charge in [0.2, 0.25) is 15.9 Å². The number of ether oxygens (including phenoxy) is 2. The Kier molecular flexibility index (Phi) is 12.0. The average Bonchev–Trinajstić information content (AvgIpc) is 3.68. The van der Waals surface area contributed by atoms with Crippen LogP contribution in [0.1, 0.15) is 52.7 Å². The molecule has 1 aliphatic rings. The number of thioether (sulfide) groups is 1. The molecule has 4 N–H and O–H groups in total. The van der Waals surface area contributed by atoms with E-state index in [1.54, 1.807) is 12.1 Å². The molecular weight excluding hydrogens is 687 g/mol. The van der Waals surface area contributed by atoms with Gasteiger partial charge >= 0.3 is 0 Å². The molecule has 11 nitrogen and oxygen atoms in total. The summed E-state index contributed by atoms with van der Waals surface area (Å²) in [5, 5.41) is 20.0. The van der Waals surface area contributed by atoms with Crippen molar-refractivity contribution in [1.29, 1.82) is 0 Å². The van der Waals surface area contributed by atoms with Crippen molar-refractivity contribution in [2.75, 3.05) is 5.75 Å². The number of amides is 1. The minimum absolute atomic E-state index is 0.0124. The molecule has 4 aromatic carbocycles. The van der Waals surface area contributed by atoms with Gasteiger partial charge in [-0.1, -0.05) is 115 Å². The van der Waals surface area contributed by atoms with Crippen LogP contribution in [0, 0.1) is 12.8 Å². The number of sulfonamides is 1. The Morgan fingerprint density at radius 2 is 1.59 bits per heavy atom. The molecule has 5 aromatic rings. The fraction of sp³-hybridized carbons (Fsp3) is 0.289. The summed E-state index contributed by atoms with van der Waals surface area (Å²) in [6.45, 7) is 4.14. The molecule has 0 radical (unpaired) electrons. The molecule has 1 aromatic heterocycles. The molecule has 0 bridgehead atoms. The molecule has 51 heavy (non-hydrogen) atoms. The van der Waals surface area contributed by atoms with Gasteiger partial charge in [-0.25, -0.2) is 13.4 Å². The monoisotopic (exact) mass is 727 g/mol. The standard InChI is InChI=1S/C38H41N5O6S2/c1-25-8-18-32(19-9-25)51(46,47)43-33(20-27-6-4-3-5-7-27)36(45)39-21-28-10-16-31(17-11-28)37-48-34(23-50-38-40-24-41-42-38)26(2)35(49-37)30-14-12-29(22-44)13-15-30/h3-19,24,26,33-35,37,43-44H,20-23H2,1-2H3,(H,39,45)(H,40,41,42). The zero-order valence-electron chi connectivity index (χ0n) is 28.3. The molecule has 0 spiro atoms. The van der Waals surface area contributed by atoms with E-state index in [0.29, 0.717) is 10.9 Å². The summed E-state index contributed by atoms with van der Waals surface area (Å²) >= 11 is 1.53. The van der Waals surface area contributed by atoms with E-state index in [1.165, 1.54) is 30.2 Å². The Bertz CT molecular complexity index is 1960. The number of aryl methyl sites for hydroxylation is 1. The van der Waals surface area contributed by atoms with Crippen LogP contribution in [0.5, 0.6) is 0 Å². The number of aliphatic hydroxyl groups is 1. The van der Waals surface area contributed by atoms with E-state index in [-0.39, 0.29) is 42.6 Å². The average molecular weight is 728 g/mol.